The van der Waals surface area contributed by atoms with Crippen molar-refractivity contribution < 1.29 is 44.0 Å². The fourth-order valence-electron chi connectivity index (χ4n) is 0.139. The zero-order chi connectivity index (χ0) is 7.71. The second-order valence-corrected chi connectivity index (χ2v) is 3.68. The van der Waals surface area contributed by atoms with Crippen LogP contribution in [0.3, 0.4) is 0 Å². The first-order valence-corrected chi connectivity index (χ1v) is 4.59. The molecule has 72 valence electrons. The molecule has 0 radical (unpaired) electrons. The third kappa shape index (κ3) is 22.5. The maximum Gasteiger partial charge on any atom is 2.00 e. The Bertz CT molecular complexity index is 153. The molecule has 0 atom stereocenters. The van der Waals surface area contributed by atoms with Crippen LogP contribution in [0.5, 0.6) is 0 Å². The third-order valence-corrected chi connectivity index (χ3v) is 1.91. The maximum atomic E-state index is 9.63. The quantitative estimate of drug-likeness (QED) is 0.333. The molecule has 0 bridgehead atoms. The van der Waals surface area contributed by atoms with Crippen molar-refractivity contribution in [2.24, 2.45) is 0 Å². The zero-order valence-electron chi connectivity index (χ0n) is 5.51. The van der Waals surface area contributed by atoms with E-state index in [-0.39, 0.29) is 48.7 Å². The third-order valence-electron chi connectivity index (χ3n) is 0.213. The molecule has 0 saturated heterocycles. The monoisotopic (exact) mass is 252 g/mol. The minimum Gasteiger partial charge on any atom is -0.870 e. The van der Waals surface area contributed by atoms with Crippen molar-refractivity contribution in [2.45, 2.75) is 0 Å². The van der Waals surface area contributed by atoms with Gasteiger partial charge in [-0.1, -0.05) is 0 Å². The van der Waals surface area contributed by atoms with Gasteiger partial charge in [0, 0.05) is 0 Å². The van der Waals surface area contributed by atoms with Gasteiger partial charge in [-0.2, -0.15) is 4.31 Å². The van der Waals surface area contributed by atoms with Crippen LogP contribution in [0.1, 0.15) is 0 Å². The molecule has 6 N–H and O–H groups in total. The summed E-state index contributed by atoms with van der Waals surface area (Å²) in [7, 11) is -10.1. The topological polar surface area (TPSA) is 184 Å². The Hall–Kier alpha value is 1.44. The van der Waals surface area contributed by atoms with Crippen molar-refractivity contribution in [3.05, 3.63) is 0 Å². The molecule has 0 aromatic heterocycles. The van der Waals surface area contributed by atoms with Gasteiger partial charge in [-0.15, -0.1) is 0 Å². The van der Waals surface area contributed by atoms with E-state index in [9.17, 15) is 9.13 Å². The summed E-state index contributed by atoms with van der Waals surface area (Å²) >= 11 is 0. The Labute approximate surface area is 96.8 Å². The van der Waals surface area contributed by atoms with Crippen LogP contribution >= 0.6 is 15.6 Å². The Kier molecular flexibility index (Phi) is 15.2. The second-order valence-electron chi connectivity index (χ2n) is 1.06. The molecule has 0 amide bonds. The van der Waals surface area contributed by atoms with Crippen LogP contribution in [0.25, 0.3) is 0 Å². The van der Waals surface area contributed by atoms with E-state index in [0.717, 1.165) is 0 Å². The van der Waals surface area contributed by atoms with Gasteiger partial charge in [-0.25, -0.2) is 9.13 Å². The molecule has 0 aliphatic rings. The predicted octanol–water partition coefficient (Wildman–Crippen LogP) is -1.55. The Morgan fingerprint density at radius 1 is 0.833 bits per heavy atom. The van der Waals surface area contributed by atoms with E-state index in [4.69, 9.17) is 19.6 Å². The standard InChI is InChI=1S/Ca.H4O7P2.2H2O/c;1-8(2,3)7-9(4,5)6;;/h;(H2,1,2,3)(H2,4,5,6);2*1H2/q+2;;;/p-2. The molecule has 0 aliphatic heterocycles. The summed E-state index contributed by atoms with van der Waals surface area (Å²) in [6.07, 6.45) is 0. The van der Waals surface area contributed by atoms with Crippen LogP contribution in [0.15, 0.2) is 0 Å². The molecular formula is H6CaO9P2. The van der Waals surface area contributed by atoms with E-state index in [0.29, 0.717) is 0 Å². The van der Waals surface area contributed by atoms with Crippen molar-refractivity contribution in [1.29, 1.82) is 0 Å². The van der Waals surface area contributed by atoms with Gasteiger partial charge >= 0.3 is 53.4 Å². The van der Waals surface area contributed by atoms with Crippen molar-refractivity contribution in [3.63, 3.8) is 0 Å². The van der Waals surface area contributed by atoms with E-state index in [1.54, 1.807) is 0 Å². The summed E-state index contributed by atoms with van der Waals surface area (Å²) in [4.78, 5) is 31.0. The maximum absolute atomic E-state index is 9.63. The number of rotatable bonds is 2. The predicted molar refractivity (Wildman–Crippen MR) is 34.8 cm³/mol. The molecule has 0 aliphatic carbocycles. The molecule has 12 heavy (non-hydrogen) atoms. The van der Waals surface area contributed by atoms with Crippen molar-refractivity contribution in [3.8, 4) is 0 Å². The summed E-state index contributed by atoms with van der Waals surface area (Å²) in [6.45, 7) is 0. The van der Waals surface area contributed by atoms with Gasteiger partial charge in [-0.05, 0) is 0 Å². The summed E-state index contributed by atoms with van der Waals surface area (Å²) < 4.78 is 22.2. The summed E-state index contributed by atoms with van der Waals surface area (Å²) in [5.74, 6) is 0. The zero-order valence-corrected chi connectivity index (χ0v) is 9.51. The van der Waals surface area contributed by atoms with Crippen molar-refractivity contribution >= 4 is 53.4 Å². The van der Waals surface area contributed by atoms with Gasteiger partial charge in [-0.3, -0.25) is 0 Å². The minimum absolute atomic E-state index is 0. The normalized spacial score (nSPS) is 10.3. The molecular weight excluding hydrogens is 246 g/mol. The van der Waals surface area contributed by atoms with E-state index in [1.165, 1.54) is 0 Å². The van der Waals surface area contributed by atoms with Gasteiger partial charge in [0.05, 0.1) is 0 Å². The van der Waals surface area contributed by atoms with E-state index in [1.807, 2.05) is 0 Å². The number of phosphoric acid groups is 2. The molecule has 0 rings (SSSR count). The first-order valence-electron chi connectivity index (χ1n) is 1.53. The SMILES string of the molecule is O=P(O)(O)OP(=O)(O)O.[Ca+2].[OH-].[OH-]. The van der Waals surface area contributed by atoms with Gasteiger partial charge in [0.2, 0.25) is 0 Å². The van der Waals surface area contributed by atoms with Gasteiger partial charge in [0.1, 0.15) is 0 Å². The fraction of sp³-hybridized carbons (Fsp3) is 0. The first-order chi connectivity index (χ1) is 3.71. The smallest absolute Gasteiger partial charge is 0.870 e. The second kappa shape index (κ2) is 7.81. The minimum atomic E-state index is -5.05. The fourth-order valence-corrected chi connectivity index (χ4v) is 1.25. The molecule has 0 aromatic carbocycles. The molecule has 0 saturated carbocycles. The Morgan fingerprint density at radius 3 is 1.00 bits per heavy atom. The summed E-state index contributed by atoms with van der Waals surface area (Å²) in [5.41, 5.74) is 0. The molecule has 9 nitrogen and oxygen atoms in total. The Morgan fingerprint density at radius 2 is 1.00 bits per heavy atom. The molecule has 12 heteroatoms. The first kappa shape index (κ1) is 23.3. The molecule has 0 spiro atoms. The van der Waals surface area contributed by atoms with Crippen LogP contribution in [-0.4, -0.2) is 68.3 Å². The summed E-state index contributed by atoms with van der Waals surface area (Å²) in [5, 5.41) is 0. The van der Waals surface area contributed by atoms with Crippen LogP contribution in [0, 0.1) is 0 Å². The van der Waals surface area contributed by atoms with Crippen LogP contribution in [0.2, 0.25) is 0 Å². The average molecular weight is 252 g/mol. The van der Waals surface area contributed by atoms with E-state index < -0.39 is 15.6 Å². The van der Waals surface area contributed by atoms with E-state index in [2.05, 4.69) is 4.31 Å². The van der Waals surface area contributed by atoms with Crippen molar-refractivity contribution in [2.75, 3.05) is 0 Å². The van der Waals surface area contributed by atoms with Gasteiger partial charge in [0.25, 0.3) is 0 Å². The largest absolute Gasteiger partial charge is 2.00 e. The number of hydrogen-bond acceptors (Lipinski definition) is 5. The molecule has 0 fully saturated rings. The van der Waals surface area contributed by atoms with Crippen molar-refractivity contribution in [1.82, 2.24) is 0 Å². The van der Waals surface area contributed by atoms with Crippen LogP contribution < -0.4 is 0 Å². The summed E-state index contributed by atoms with van der Waals surface area (Å²) in [6, 6.07) is 0. The number of hydrogen-bond donors (Lipinski definition) is 4. The van der Waals surface area contributed by atoms with Gasteiger partial charge < -0.3 is 30.5 Å². The van der Waals surface area contributed by atoms with Crippen LogP contribution in [0.4, 0.5) is 0 Å². The molecule has 0 heterocycles. The van der Waals surface area contributed by atoms with E-state index >= 15 is 0 Å². The van der Waals surface area contributed by atoms with Crippen LogP contribution in [-0.2, 0) is 13.4 Å². The molecule has 0 aromatic rings. The molecule has 0 unspecified atom stereocenters. The Balaban J connectivity index is -0.000000107. The average Bonchev–Trinajstić information content (AvgIpc) is 1.14. The van der Waals surface area contributed by atoms with Gasteiger partial charge in [0.15, 0.2) is 0 Å².